The van der Waals surface area contributed by atoms with Crippen molar-refractivity contribution in [3.05, 3.63) is 33.0 Å². The molecule has 1 amide bonds. The molecule has 0 aliphatic carbocycles. The smallest absolute Gasteiger partial charge is 0.267 e. The van der Waals surface area contributed by atoms with Gasteiger partial charge in [-0.2, -0.15) is 0 Å². The van der Waals surface area contributed by atoms with Gasteiger partial charge in [0.1, 0.15) is 4.88 Å². The Labute approximate surface area is 150 Å². The molecule has 3 heterocycles. The van der Waals surface area contributed by atoms with Crippen molar-refractivity contribution in [2.24, 2.45) is 0 Å². The number of hydrogen-bond acceptors (Lipinski definition) is 6. The molecule has 0 radical (unpaired) electrons. The van der Waals surface area contributed by atoms with Gasteiger partial charge in [0.2, 0.25) is 0 Å². The third-order valence-corrected chi connectivity index (χ3v) is 6.00. The van der Waals surface area contributed by atoms with E-state index >= 15 is 0 Å². The molecule has 130 valence electrons. The van der Waals surface area contributed by atoms with Gasteiger partial charge in [-0.3, -0.25) is 4.79 Å². The maximum atomic E-state index is 13.2. The summed E-state index contributed by atoms with van der Waals surface area (Å²) in [6.07, 6.45) is 4.50. The Morgan fingerprint density at radius 3 is 2.92 bits per heavy atom. The molecular formula is C17H23N3O2S2. The predicted molar refractivity (Wildman–Crippen MR) is 96.8 cm³/mol. The molecule has 0 saturated carbocycles. The fraction of sp³-hybridized carbons (Fsp3) is 0.588. The van der Waals surface area contributed by atoms with E-state index in [-0.39, 0.29) is 11.9 Å². The molecule has 1 fully saturated rings. The molecule has 1 aliphatic heterocycles. The van der Waals surface area contributed by atoms with Crippen molar-refractivity contribution in [3.8, 4) is 0 Å². The molecule has 0 spiro atoms. The van der Waals surface area contributed by atoms with Gasteiger partial charge in [-0.05, 0) is 48.7 Å². The second-order valence-corrected chi connectivity index (χ2v) is 7.76. The minimum atomic E-state index is 0.0944. The number of carbonyl (C=O) groups is 1. The third kappa shape index (κ3) is 4.20. The third-order valence-electron chi connectivity index (χ3n) is 4.31. The molecule has 0 aromatic carbocycles. The van der Waals surface area contributed by atoms with Crippen molar-refractivity contribution >= 4 is 28.8 Å². The van der Waals surface area contributed by atoms with Crippen LogP contribution in [-0.4, -0.2) is 46.2 Å². The maximum Gasteiger partial charge on any atom is 0.267 e. The summed E-state index contributed by atoms with van der Waals surface area (Å²) in [4.78, 5) is 17.3. The summed E-state index contributed by atoms with van der Waals surface area (Å²) < 4.78 is 9.50. The van der Waals surface area contributed by atoms with E-state index in [1.54, 1.807) is 11.3 Å². The highest BCUT2D eigenvalue weighted by Crippen LogP contribution is 2.22. The summed E-state index contributed by atoms with van der Waals surface area (Å²) in [7, 11) is 0. The minimum Gasteiger partial charge on any atom is -0.381 e. The molecule has 0 N–H and O–H groups in total. The highest BCUT2D eigenvalue weighted by Gasteiger charge is 2.29. The molecule has 24 heavy (non-hydrogen) atoms. The summed E-state index contributed by atoms with van der Waals surface area (Å²) in [5, 5.41) is 6.25. The molecule has 0 unspecified atom stereocenters. The number of nitrogens with zero attached hydrogens (tertiary/aromatic N) is 3. The first-order chi connectivity index (χ1) is 11.8. The molecule has 1 saturated heterocycles. The second-order valence-electron chi connectivity index (χ2n) is 5.97. The van der Waals surface area contributed by atoms with Crippen LogP contribution in [0.2, 0.25) is 0 Å². The first-order valence-electron chi connectivity index (χ1n) is 8.52. The molecule has 1 aliphatic rings. The largest absolute Gasteiger partial charge is 0.381 e. The number of amides is 1. The molecule has 2 aromatic rings. The van der Waals surface area contributed by atoms with Crippen LogP contribution in [-0.2, 0) is 17.6 Å². The van der Waals surface area contributed by atoms with Gasteiger partial charge < -0.3 is 9.64 Å². The lowest BCUT2D eigenvalue weighted by molar-refractivity contribution is 0.0296. The lowest BCUT2D eigenvalue weighted by atomic mass is 10.1. The lowest BCUT2D eigenvalue weighted by Gasteiger charge is -2.34. The quantitative estimate of drug-likeness (QED) is 0.754. The van der Waals surface area contributed by atoms with Gasteiger partial charge in [-0.15, -0.1) is 16.4 Å². The van der Waals surface area contributed by atoms with Crippen LogP contribution < -0.4 is 0 Å². The lowest BCUT2D eigenvalue weighted by Crippen LogP contribution is -2.44. The molecular weight excluding hydrogens is 342 g/mol. The SMILES string of the molecule is CCCc1nnsc1C(=O)N(CCc1cccs1)C1CCOCC1. The number of rotatable bonds is 7. The molecule has 0 atom stereocenters. The molecule has 7 heteroatoms. The van der Waals surface area contributed by atoms with Crippen molar-refractivity contribution < 1.29 is 9.53 Å². The number of ether oxygens (including phenoxy) is 1. The normalized spacial score (nSPS) is 15.5. The number of hydrogen-bond donors (Lipinski definition) is 0. The van der Waals surface area contributed by atoms with Crippen LogP contribution in [0.15, 0.2) is 17.5 Å². The molecule has 3 rings (SSSR count). The molecule has 2 aromatic heterocycles. The zero-order chi connectivity index (χ0) is 16.8. The van der Waals surface area contributed by atoms with Gasteiger partial charge in [0.05, 0.1) is 5.69 Å². The summed E-state index contributed by atoms with van der Waals surface area (Å²) in [5.74, 6) is 0.0944. The van der Waals surface area contributed by atoms with Crippen molar-refractivity contribution in [2.75, 3.05) is 19.8 Å². The van der Waals surface area contributed by atoms with Crippen LogP contribution in [0.25, 0.3) is 0 Å². The van der Waals surface area contributed by atoms with Gasteiger partial charge in [0, 0.05) is 30.7 Å². The summed E-state index contributed by atoms with van der Waals surface area (Å²) in [6, 6.07) is 4.45. The Morgan fingerprint density at radius 2 is 2.21 bits per heavy atom. The van der Waals surface area contributed by atoms with E-state index in [1.807, 2.05) is 4.90 Å². The average molecular weight is 366 g/mol. The number of thiophene rings is 1. The van der Waals surface area contributed by atoms with Crippen molar-refractivity contribution in [1.82, 2.24) is 14.5 Å². The van der Waals surface area contributed by atoms with E-state index in [4.69, 9.17) is 4.74 Å². The van der Waals surface area contributed by atoms with E-state index in [0.29, 0.717) is 0 Å². The van der Waals surface area contributed by atoms with Crippen molar-refractivity contribution in [3.63, 3.8) is 0 Å². The Morgan fingerprint density at radius 1 is 1.38 bits per heavy atom. The van der Waals surface area contributed by atoms with E-state index < -0.39 is 0 Å². The zero-order valence-corrected chi connectivity index (χ0v) is 15.6. The average Bonchev–Trinajstić information content (AvgIpc) is 3.28. The van der Waals surface area contributed by atoms with Crippen LogP contribution in [0.3, 0.4) is 0 Å². The van der Waals surface area contributed by atoms with E-state index in [1.165, 1.54) is 16.4 Å². The summed E-state index contributed by atoms with van der Waals surface area (Å²) in [6.45, 7) is 4.31. The van der Waals surface area contributed by atoms with Crippen molar-refractivity contribution in [1.29, 1.82) is 0 Å². The standard InChI is InChI=1S/C17H23N3O2S2/c1-2-4-15-16(24-19-18-15)17(21)20(13-7-10-22-11-8-13)9-6-14-5-3-12-23-14/h3,5,12-13H,2,4,6-11H2,1H3. The summed E-state index contributed by atoms with van der Waals surface area (Å²) in [5.41, 5.74) is 0.848. The number of aryl methyl sites for hydroxylation is 1. The van der Waals surface area contributed by atoms with Crippen molar-refractivity contribution in [2.45, 2.75) is 45.1 Å². The Hall–Kier alpha value is -1.31. The monoisotopic (exact) mass is 365 g/mol. The maximum absolute atomic E-state index is 13.2. The Balaban J connectivity index is 1.76. The Kier molecular flexibility index (Phi) is 6.34. The van der Waals surface area contributed by atoms with Gasteiger partial charge in [-0.25, -0.2) is 0 Å². The fourth-order valence-corrected chi connectivity index (χ4v) is 4.40. The first-order valence-corrected chi connectivity index (χ1v) is 10.2. The van der Waals surface area contributed by atoms with Crippen LogP contribution in [0, 0.1) is 0 Å². The van der Waals surface area contributed by atoms with Crippen LogP contribution in [0.1, 0.15) is 46.4 Å². The van der Waals surface area contributed by atoms with Gasteiger partial charge >= 0.3 is 0 Å². The second kappa shape index (κ2) is 8.69. The Bertz CT molecular complexity index is 636. The fourth-order valence-electron chi connectivity index (χ4n) is 3.03. The van der Waals surface area contributed by atoms with Crippen LogP contribution in [0.4, 0.5) is 0 Å². The van der Waals surface area contributed by atoms with E-state index in [2.05, 4.69) is 34.0 Å². The molecule has 0 bridgehead atoms. The molecule has 5 nitrogen and oxygen atoms in total. The van der Waals surface area contributed by atoms with E-state index in [0.717, 1.165) is 62.4 Å². The number of aromatic nitrogens is 2. The zero-order valence-electron chi connectivity index (χ0n) is 13.9. The van der Waals surface area contributed by atoms with Crippen LogP contribution >= 0.6 is 22.9 Å². The van der Waals surface area contributed by atoms with Gasteiger partial charge in [0.25, 0.3) is 5.91 Å². The number of carbonyl (C=O) groups excluding carboxylic acids is 1. The topological polar surface area (TPSA) is 55.3 Å². The van der Waals surface area contributed by atoms with Gasteiger partial charge in [0.15, 0.2) is 0 Å². The predicted octanol–water partition coefficient (Wildman–Crippen LogP) is 3.42. The summed E-state index contributed by atoms with van der Waals surface area (Å²) >= 11 is 2.98. The highest BCUT2D eigenvalue weighted by atomic mass is 32.1. The minimum absolute atomic E-state index is 0.0944. The highest BCUT2D eigenvalue weighted by molar-refractivity contribution is 7.09. The first kappa shape index (κ1) is 17.5. The van der Waals surface area contributed by atoms with E-state index in [9.17, 15) is 4.79 Å². The van der Waals surface area contributed by atoms with Crippen LogP contribution in [0.5, 0.6) is 0 Å². The van der Waals surface area contributed by atoms with Gasteiger partial charge in [-0.1, -0.05) is 23.9 Å².